The van der Waals surface area contributed by atoms with Crippen molar-refractivity contribution in [3.8, 4) is 5.69 Å². The van der Waals surface area contributed by atoms with E-state index < -0.39 is 12.0 Å². The van der Waals surface area contributed by atoms with Gasteiger partial charge in [0.15, 0.2) is 5.69 Å². The lowest BCUT2D eigenvalue weighted by atomic mass is 9.84. The molecule has 1 aliphatic carbocycles. The van der Waals surface area contributed by atoms with Crippen LogP contribution in [0.15, 0.2) is 30.3 Å². The van der Waals surface area contributed by atoms with Crippen molar-refractivity contribution in [3.63, 3.8) is 0 Å². The Balaban J connectivity index is 1.69. The van der Waals surface area contributed by atoms with E-state index in [1.165, 1.54) is 0 Å². The fraction of sp³-hybridized carbons (Fsp3) is 0.450. The van der Waals surface area contributed by atoms with Crippen LogP contribution in [0.25, 0.3) is 5.69 Å². The largest absolute Gasteiger partial charge is 0.480 e. The van der Waals surface area contributed by atoms with E-state index in [0.29, 0.717) is 17.1 Å². The first kappa shape index (κ1) is 18.0. The summed E-state index contributed by atoms with van der Waals surface area (Å²) >= 11 is 6.27. The highest BCUT2D eigenvalue weighted by Gasteiger charge is 2.48. The van der Waals surface area contributed by atoms with Gasteiger partial charge in [0.1, 0.15) is 6.04 Å². The van der Waals surface area contributed by atoms with Gasteiger partial charge in [-0.2, -0.15) is 5.10 Å². The summed E-state index contributed by atoms with van der Waals surface area (Å²) in [6.07, 6.45) is 4.53. The van der Waals surface area contributed by atoms with E-state index in [0.717, 1.165) is 31.4 Å². The molecule has 3 unspecified atom stereocenters. The molecule has 1 aliphatic heterocycles. The number of aliphatic carboxylic acids is 1. The summed E-state index contributed by atoms with van der Waals surface area (Å²) in [4.78, 5) is 26.6. The lowest BCUT2D eigenvalue weighted by Crippen LogP contribution is -2.46. The van der Waals surface area contributed by atoms with Crippen molar-refractivity contribution in [1.29, 1.82) is 0 Å². The summed E-state index contributed by atoms with van der Waals surface area (Å²) in [6.45, 7) is 1.86. The number of carboxylic acid groups (broad SMARTS) is 1. The smallest absolute Gasteiger partial charge is 0.326 e. The standard InChI is InChI=1S/C20H22ClN3O3/c1-12-10-15(22-24(12)17-9-5-3-7-14(17)21)19(25)23-16-8-4-2-6-13(16)11-18(23)20(26)27/h3,5,7,9-10,13,16,18H,2,4,6,8,11H2,1H3,(H,26,27). The van der Waals surface area contributed by atoms with E-state index in [9.17, 15) is 14.7 Å². The van der Waals surface area contributed by atoms with Crippen LogP contribution in [0.4, 0.5) is 0 Å². The molecule has 2 fully saturated rings. The Morgan fingerprint density at radius 1 is 1.22 bits per heavy atom. The zero-order valence-electron chi connectivity index (χ0n) is 15.1. The van der Waals surface area contributed by atoms with E-state index in [4.69, 9.17) is 11.6 Å². The molecule has 1 aromatic carbocycles. The van der Waals surface area contributed by atoms with Crippen LogP contribution in [0, 0.1) is 12.8 Å². The van der Waals surface area contributed by atoms with Crippen LogP contribution in [0.2, 0.25) is 5.02 Å². The van der Waals surface area contributed by atoms with Crippen molar-refractivity contribution in [1.82, 2.24) is 14.7 Å². The molecule has 2 aromatic rings. The van der Waals surface area contributed by atoms with Gasteiger partial charge in [-0.25, -0.2) is 9.48 Å². The molecule has 2 aliphatic rings. The van der Waals surface area contributed by atoms with Crippen LogP contribution in [-0.4, -0.2) is 43.7 Å². The van der Waals surface area contributed by atoms with Gasteiger partial charge in [-0.05, 0) is 50.3 Å². The van der Waals surface area contributed by atoms with Gasteiger partial charge in [0, 0.05) is 11.7 Å². The number of aryl methyl sites for hydroxylation is 1. The van der Waals surface area contributed by atoms with Gasteiger partial charge in [-0.1, -0.05) is 36.6 Å². The second-order valence-corrected chi connectivity index (χ2v) is 7.86. The Labute approximate surface area is 162 Å². The molecule has 0 spiro atoms. The maximum atomic E-state index is 13.3. The molecule has 7 heteroatoms. The number of carbonyl (C=O) groups excluding carboxylic acids is 1. The topological polar surface area (TPSA) is 75.4 Å². The van der Waals surface area contributed by atoms with Crippen molar-refractivity contribution in [2.24, 2.45) is 5.92 Å². The maximum Gasteiger partial charge on any atom is 0.326 e. The molecule has 1 aromatic heterocycles. The number of hydrogen-bond donors (Lipinski definition) is 1. The number of para-hydroxylation sites is 1. The van der Waals surface area contributed by atoms with Gasteiger partial charge in [0.2, 0.25) is 0 Å². The molecule has 142 valence electrons. The minimum absolute atomic E-state index is 0.00174. The van der Waals surface area contributed by atoms with Crippen molar-refractivity contribution in [2.45, 2.75) is 51.1 Å². The van der Waals surface area contributed by atoms with Gasteiger partial charge in [0.05, 0.1) is 10.7 Å². The zero-order valence-corrected chi connectivity index (χ0v) is 15.9. The molecule has 0 radical (unpaired) electrons. The molecule has 6 nitrogen and oxygen atoms in total. The SMILES string of the molecule is Cc1cc(C(=O)N2C(C(=O)O)CC3CCCCC32)nn1-c1ccccc1Cl. The fourth-order valence-electron chi connectivity index (χ4n) is 4.55. The van der Waals surface area contributed by atoms with Gasteiger partial charge in [-0.3, -0.25) is 4.79 Å². The summed E-state index contributed by atoms with van der Waals surface area (Å²) in [6, 6.07) is 8.24. The number of nitrogens with zero attached hydrogens (tertiary/aromatic N) is 3. The van der Waals surface area contributed by atoms with E-state index in [-0.39, 0.29) is 23.6 Å². The monoisotopic (exact) mass is 387 g/mol. The van der Waals surface area contributed by atoms with Crippen LogP contribution in [0.3, 0.4) is 0 Å². The molecule has 3 atom stereocenters. The number of aromatic nitrogens is 2. The van der Waals surface area contributed by atoms with Gasteiger partial charge >= 0.3 is 5.97 Å². The molecule has 2 heterocycles. The Morgan fingerprint density at radius 3 is 2.70 bits per heavy atom. The minimum Gasteiger partial charge on any atom is -0.480 e. The molecule has 4 rings (SSSR count). The molecular formula is C20H22ClN3O3. The number of hydrogen-bond acceptors (Lipinski definition) is 3. The van der Waals surface area contributed by atoms with E-state index >= 15 is 0 Å². The average Bonchev–Trinajstić information content (AvgIpc) is 3.22. The minimum atomic E-state index is -0.931. The third-order valence-corrected chi connectivity index (χ3v) is 6.11. The van der Waals surface area contributed by atoms with Crippen LogP contribution >= 0.6 is 11.6 Å². The molecule has 1 saturated carbocycles. The van der Waals surface area contributed by atoms with Gasteiger partial charge in [-0.15, -0.1) is 0 Å². The normalized spacial score (nSPS) is 24.7. The first-order valence-electron chi connectivity index (χ1n) is 9.34. The first-order valence-corrected chi connectivity index (χ1v) is 9.72. The number of carboxylic acids is 1. The molecule has 1 amide bonds. The Hall–Kier alpha value is -2.34. The van der Waals surface area contributed by atoms with Crippen molar-refractivity contribution in [2.75, 3.05) is 0 Å². The van der Waals surface area contributed by atoms with E-state index in [1.54, 1.807) is 21.7 Å². The highest BCUT2D eigenvalue weighted by molar-refractivity contribution is 6.32. The Morgan fingerprint density at radius 2 is 1.96 bits per heavy atom. The third-order valence-electron chi connectivity index (χ3n) is 5.79. The lowest BCUT2D eigenvalue weighted by molar-refractivity contribution is -0.141. The maximum absolute atomic E-state index is 13.3. The average molecular weight is 388 g/mol. The zero-order chi connectivity index (χ0) is 19.1. The number of carbonyl (C=O) groups is 2. The predicted molar refractivity (Wildman–Crippen MR) is 101 cm³/mol. The van der Waals surface area contributed by atoms with Crippen molar-refractivity contribution in [3.05, 3.63) is 46.7 Å². The highest BCUT2D eigenvalue weighted by Crippen LogP contribution is 2.40. The van der Waals surface area contributed by atoms with Crippen LogP contribution < -0.4 is 0 Å². The lowest BCUT2D eigenvalue weighted by Gasteiger charge is -2.32. The van der Waals surface area contributed by atoms with Crippen molar-refractivity contribution < 1.29 is 14.7 Å². The second kappa shape index (κ2) is 7.00. The van der Waals surface area contributed by atoms with Gasteiger partial charge in [0.25, 0.3) is 5.91 Å². The Bertz CT molecular complexity index is 894. The predicted octanol–water partition coefficient (Wildman–Crippen LogP) is 3.69. The van der Waals surface area contributed by atoms with Crippen LogP contribution in [0.1, 0.15) is 48.3 Å². The molecule has 0 bridgehead atoms. The van der Waals surface area contributed by atoms with E-state index in [1.807, 2.05) is 25.1 Å². The molecule has 1 N–H and O–H groups in total. The highest BCUT2D eigenvalue weighted by atomic mass is 35.5. The molecule has 27 heavy (non-hydrogen) atoms. The fourth-order valence-corrected chi connectivity index (χ4v) is 4.77. The quantitative estimate of drug-likeness (QED) is 0.871. The summed E-state index contributed by atoms with van der Waals surface area (Å²) in [5, 5.41) is 14.7. The third kappa shape index (κ3) is 3.12. The number of fused-ring (bicyclic) bond motifs is 1. The number of rotatable bonds is 3. The first-order chi connectivity index (χ1) is 13.0. The van der Waals surface area contributed by atoms with Gasteiger partial charge < -0.3 is 10.0 Å². The van der Waals surface area contributed by atoms with Crippen LogP contribution in [0.5, 0.6) is 0 Å². The Kier molecular flexibility index (Phi) is 4.68. The number of amides is 1. The van der Waals surface area contributed by atoms with Crippen molar-refractivity contribution >= 4 is 23.5 Å². The molecular weight excluding hydrogens is 366 g/mol. The number of halogens is 1. The number of likely N-dealkylation sites (tertiary alicyclic amines) is 1. The molecule has 1 saturated heterocycles. The summed E-state index contributed by atoms with van der Waals surface area (Å²) in [7, 11) is 0. The summed E-state index contributed by atoms with van der Waals surface area (Å²) in [5.74, 6) is -0.957. The summed E-state index contributed by atoms with van der Waals surface area (Å²) < 4.78 is 1.64. The second-order valence-electron chi connectivity index (χ2n) is 7.45. The van der Waals surface area contributed by atoms with E-state index in [2.05, 4.69) is 5.10 Å². The van der Waals surface area contributed by atoms with Crippen LogP contribution in [-0.2, 0) is 4.79 Å². The summed E-state index contributed by atoms with van der Waals surface area (Å²) in [5.41, 5.74) is 1.74. The number of benzene rings is 1.